The molecule has 0 heterocycles. The van der Waals surface area contributed by atoms with Crippen molar-refractivity contribution in [1.29, 1.82) is 0 Å². The van der Waals surface area contributed by atoms with Gasteiger partial charge in [0.2, 0.25) is 0 Å². The van der Waals surface area contributed by atoms with E-state index in [1.54, 1.807) is 0 Å². The van der Waals surface area contributed by atoms with Gasteiger partial charge < -0.3 is 11.1 Å². The second-order valence-corrected chi connectivity index (χ2v) is 3.53. The fraction of sp³-hybridized carbons (Fsp3) is 0.455. The first kappa shape index (κ1) is 8.73. The molecule has 13 heavy (non-hydrogen) atoms. The number of nitrogens with two attached hydrogens (primary N) is 1. The van der Waals surface area contributed by atoms with Gasteiger partial charge in [0.25, 0.3) is 0 Å². The molecule has 0 saturated heterocycles. The molecule has 2 nitrogen and oxygen atoms in total. The summed E-state index contributed by atoms with van der Waals surface area (Å²) >= 11 is 0. The summed E-state index contributed by atoms with van der Waals surface area (Å²) in [6.07, 6.45) is 2.43. The number of aryl methyl sites for hydroxylation is 1. The molecule has 0 fully saturated rings. The van der Waals surface area contributed by atoms with Crippen molar-refractivity contribution < 1.29 is 0 Å². The van der Waals surface area contributed by atoms with Crippen LogP contribution in [0, 0.1) is 0 Å². The molecule has 0 amide bonds. The van der Waals surface area contributed by atoms with Gasteiger partial charge in [0.05, 0.1) is 0 Å². The molecule has 1 aliphatic carbocycles. The van der Waals surface area contributed by atoms with Crippen LogP contribution in [0.5, 0.6) is 0 Å². The molecular weight excluding hydrogens is 160 g/mol. The van der Waals surface area contributed by atoms with E-state index in [1.165, 1.54) is 24.0 Å². The first-order valence-electron chi connectivity index (χ1n) is 4.93. The van der Waals surface area contributed by atoms with Crippen molar-refractivity contribution in [2.75, 3.05) is 13.1 Å². The van der Waals surface area contributed by atoms with Gasteiger partial charge in [-0.1, -0.05) is 24.3 Å². The van der Waals surface area contributed by atoms with Crippen molar-refractivity contribution in [3.05, 3.63) is 35.4 Å². The van der Waals surface area contributed by atoms with Crippen LogP contribution in [0.15, 0.2) is 24.3 Å². The number of fused-ring (bicyclic) bond motifs is 1. The molecule has 2 heteroatoms. The number of hydrogen-bond donors (Lipinski definition) is 2. The smallest absolute Gasteiger partial charge is 0.0326 e. The quantitative estimate of drug-likeness (QED) is 0.726. The summed E-state index contributed by atoms with van der Waals surface area (Å²) in [6.45, 7) is 1.64. The second-order valence-electron chi connectivity index (χ2n) is 3.53. The lowest BCUT2D eigenvalue weighted by molar-refractivity contribution is 0.538. The van der Waals surface area contributed by atoms with Crippen molar-refractivity contribution in [2.45, 2.75) is 18.9 Å². The topological polar surface area (TPSA) is 38.0 Å². The lowest BCUT2D eigenvalue weighted by atomic mass is 10.1. The van der Waals surface area contributed by atoms with E-state index in [0.717, 1.165) is 13.1 Å². The van der Waals surface area contributed by atoms with E-state index in [1.807, 2.05) is 0 Å². The molecule has 0 aromatic heterocycles. The van der Waals surface area contributed by atoms with Crippen molar-refractivity contribution in [2.24, 2.45) is 5.73 Å². The van der Waals surface area contributed by atoms with Crippen LogP contribution in [-0.4, -0.2) is 13.1 Å². The Labute approximate surface area is 79.1 Å². The van der Waals surface area contributed by atoms with E-state index in [0.29, 0.717) is 6.04 Å². The van der Waals surface area contributed by atoms with Crippen molar-refractivity contribution in [3.63, 3.8) is 0 Å². The molecule has 0 radical (unpaired) electrons. The van der Waals surface area contributed by atoms with E-state index in [-0.39, 0.29) is 0 Å². The maximum absolute atomic E-state index is 5.46. The minimum Gasteiger partial charge on any atom is -0.329 e. The third kappa shape index (κ3) is 1.74. The van der Waals surface area contributed by atoms with Crippen LogP contribution in [0.3, 0.4) is 0 Å². The zero-order chi connectivity index (χ0) is 9.10. The number of hydrogen-bond acceptors (Lipinski definition) is 2. The molecule has 0 aliphatic heterocycles. The monoisotopic (exact) mass is 176 g/mol. The van der Waals surface area contributed by atoms with Gasteiger partial charge in [0, 0.05) is 19.1 Å². The first-order valence-corrected chi connectivity index (χ1v) is 4.93. The summed E-state index contributed by atoms with van der Waals surface area (Å²) in [5, 5.41) is 3.46. The summed E-state index contributed by atoms with van der Waals surface area (Å²) in [5.74, 6) is 0. The molecule has 2 rings (SSSR count). The number of rotatable bonds is 3. The molecule has 70 valence electrons. The lowest BCUT2D eigenvalue weighted by Crippen LogP contribution is -2.25. The van der Waals surface area contributed by atoms with Gasteiger partial charge in [-0.05, 0) is 24.0 Å². The zero-order valence-corrected chi connectivity index (χ0v) is 7.79. The molecule has 0 spiro atoms. The fourth-order valence-corrected chi connectivity index (χ4v) is 2.03. The van der Waals surface area contributed by atoms with Crippen LogP contribution >= 0.6 is 0 Å². The number of nitrogens with one attached hydrogen (secondary N) is 1. The SMILES string of the molecule is NCCNC1CCc2ccccc21. The molecular formula is C11H16N2. The zero-order valence-electron chi connectivity index (χ0n) is 7.79. The van der Waals surface area contributed by atoms with E-state index in [2.05, 4.69) is 29.6 Å². The average molecular weight is 176 g/mol. The van der Waals surface area contributed by atoms with Gasteiger partial charge >= 0.3 is 0 Å². The van der Waals surface area contributed by atoms with Crippen LogP contribution in [0.4, 0.5) is 0 Å². The minimum absolute atomic E-state index is 0.541. The molecule has 0 bridgehead atoms. The highest BCUT2D eigenvalue weighted by Crippen LogP contribution is 2.30. The third-order valence-electron chi connectivity index (χ3n) is 2.67. The van der Waals surface area contributed by atoms with Crippen LogP contribution < -0.4 is 11.1 Å². The summed E-state index contributed by atoms with van der Waals surface area (Å²) < 4.78 is 0. The molecule has 3 N–H and O–H groups in total. The van der Waals surface area contributed by atoms with Gasteiger partial charge in [-0.2, -0.15) is 0 Å². The normalized spacial score (nSPS) is 20.2. The summed E-state index contributed by atoms with van der Waals surface area (Å²) in [7, 11) is 0. The van der Waals surface area contributed by atoms with Crippen molar-refractivity contribution in [1.82, 2.24) is 5.32 Å². The van der Waals surface area contributed by atoms with Crippen LogP contribution in [0.2, 0.25) is 0 Å². The number of benzene rings is 1. The Balaban J connectivity index is 2.09. The molecule has 1 aromatic rings. The van der Waals surface area contributed by atoms with E-state index < -0.39 is 0 Å². The Morgan fingerprint density at radius 1 is 1.38 bits per heavy atom. The summed E-state index contributed by atoms with van der Waals surface area (Å²) in [6, 6.07) is 9.21. The van der Waals surface area contributed by atoms with Gasteiger partial charge in [-0.15, -0.1) is 0 Å². The maximum atomic E-state index is 5.46. The van der Waals surface area contributed by atoms with Crippen molar-refractivity contribution in [3.8, 4) is 0 Å². The van der Waals surface area contributed by atoms with Gasteiger partial charge in [-0.25, -0.2) is 0 Å². The molecule has 1 atom stereocenters. The first-order chi connectivity index (χ1) is 6.42. The van der Waals surface area contributed by atoms with E-state index in [4.69, 9.17) is 5.73 Å². The molecule has 1 unspecified atom stereocenters. The molecule has 0 saturated carbocycles. The lowest BCUT2D eigenvalue weighted by Gasteiger charge is -2.12. The highest BCUT2D eigenvalue weighted by atomic mass is 14.9. The Morgan fingerprint density at radius 3 is 3.08 bits per heavy atom. The standard InChI is InChI=1S/C11H16N2/c12-7-8-13-11-6-5-9-3-1-2-4-10(9)11/h1-4,11,13H,5-8,12H2. The van der Waals surface area contributed by atoms with Crippen LogP contribution in [-0.2, 0) is 6.42 Å². The Morgan fingerprint density at radius 2 is 2.23 bits per heavy atom. The van der Waals surface area contributed by atoms with E-state index >= 15 is 0 Å². The minimum atomic E-state index is 0.541. The van der Waals surface area contributed by atoms with Gasteiger partial charge in [-0.3, -0.25) is 0 Å². The second kappa shape index (κ2) is 3.90. The highest BCUT2D eigenvalue weighted by molar-refractivity contribution is 5.34. The van der Waals surface area contributed by atoms with Crippen LogP contribution in [0.25, 0.3) is 0 Å². The summed E-state index contributed by atoms with van der Waals surface area (Å²) in [4.78, 5) is 0. The van der Waals surface area contributed by atoms with E-state index in [9.17, 15) is 0 Å². The highest BCUT2D eigenvalue weighted by Gasteiger charge is 2.20. The Hall–Kier alpha value is -0.860. The Kier molecular flexibility index (Phi) is 2.62. The molecule has 1 aliphatic rings. The summed E-state index contributed by atoms with van der Waals surface area (Å²) in [5.41, 5.74) is 8.43. The predicted octanol–water partition coefficient (Wildman–Crippen LogP) is 1.22. The van der Waals surface area contributed by atoms with Gasteiger partial charge in [0.1, 0.15) is 0 Å². The van der Waals surface area contributed by atoms with Crippen molar-refractivity contribution >= 4 is 0 Å². The Bertz CT molecular complexity index is 283. The maximum Gasteiger partial charge on any atom is 0.0326 e. The molecule has 1 aromatic carbocycles. The van der Waals surface area contributed by atoms with Crippen LogP contribution in [0.1, 0.15) is 23.6 Å². The average Bonchev–Trinajstić information content (AvgIpc) is 2.58. The van der Waals surface area contributed by atoms with Gasteiger partial charge in [0.15, 0.2) is 0 Å². The largest absolute Gasteiger partial charge is 0.329 e. The predicted molar refractivity (Wildman–Crippen MR) is 54.6 cm³/mol. The fourth-order valence-electron chi connectivity index (χ4n) is 2.03. The third-order valence-corrected chi connectivity index (χ3v) is 2.67.